The van der Waals surface area contributed by atoms with Gasteiger partial charge in [0.1, 0.15) is 0 Å². The summed E-state index contributed by atoms with van der Waals surface area (Å²) in [6, 6.07) is 0. The van der Waals surface area contributed by atoms with Gasteiger partial charge in [-0.1, -0.05) is 12.8 Å². The van der Waals surface area contributed by atoms with E-state index in [1.54, 1.807) is 0 Å². The summed E-state index contributed by atoms with van der Waals surface area (Å²) >= 11 is 0. The topological polar surface area (TPSA) is 78.6 Å². The molecule has 2 N–H and O–H groups in total. The summed E-state index contributed by atoms with van der Waals surface area (Å²) in [5.41, 5.74) is -0.244. The van der Waals surface area contributed by atoms with Crippen molar-refractivity contribution in [3.63, 3.8) is 0 Å². The van der Waals surface area contributed by atoms with Gasteiger partial charge in [-0.05, 0) is 25.7 Å². The largest absolute Gasteiger partial charge is 0.381 e. The summed E-state index contributed by atoms with van der Waals surface area (Å²) in [7, 11) is -3.42. The molecule has 0 aromatic carbocycles. The van der Waals surface area contributed by atoms with Crippen molar-refractivity contribution in [2.45, 2.75) is 44.6 Å². The molecule has 18 heavy (non-hydrogen) atoms. The van der Waals surface area contributed by atoms with Crippen LogP contribution in [0.1, 0.15) is 38.5 Å². The highest BCUT2D eigenvalue weighted by atomic mass is 32.2. The average molecular weight is 277 g/mol. The van der Waals surface area contributed by atoms with Gasteiger partial charge in [-0.3, -0.25) is 0 Å². The summed E-state index contributed by atoms with van der Waals surface area (Å²) in [4.78, 5) is 0. The molecule has 0 aromatic heterocycles. The third kappa shape index (κ3) is 4.19. The Bertz CT molecular complexity index is 356. The zero-order valence-electron chi connectivity index (χ0n) is 10.8. The summed E-state index contributed by atoms with van der Waals surface area (Å²) in [5, 5.41) is 5.21. The van der Waals surface area contributed by atoms with E-state index in [4.69, 9.17) is 14.6 Å². The zero-order valence-corrected chi connectivity index (χ0v) is 11.6. The lowest BCUT2D eigenvalue weighted by Gasteiger charge is -2.31. The van der Waals surface area contributed by atoms with E-state index in [1.165, 1.54) is 0 Å². The van der Waals surface area contributed by atoms with E-state index in [0.29, 0.717) is 6.61 Å². The minimum atomic E-state index is -3.42. The lowest BCUT2D eigenvalue weighted by molar-refractivity contribution is -0.0571. The Hall–Kier alpha value is -0.170. The Balaban J connectivity index is 1.89. The van der Waals surface area contributed by atoms with Gasteiger partial charge in [-0.15, -0.1) is 0 Å². The van der Waals surface area contributed by atoms with Crippen molar-refractivity contribution < 1.29 is 17.9 Å². The molecule has 1 heterocycles. The predicted octanol–water partition coefficient (Wildman–Crippen LogP) is 1.03. The maximum absolute atomic E-state index is 11.3. The zero-order chi connectivity index (χ0) is 13.1. The van der Waals surface area contributed by atoms with Crippen LogP contribution in [0.4, 0.5) is 0 Å². The predicted molar refractivity (Wildman–Crippen MR) is 68.7 cm³/mol. The molecule has 0 unspecified atom stereocenters. The Morgan fingerprint density at radius 2 is 1.83 bits per heavy atom. The van der Waals surface area contributed by atoms with E-state index in [0.717, 1.165) is 51.7 Å². The first kappa shape index (κ1) is 14.2. The number of nitrogens with two attached hydrogens (primary N) is 1. The smallest absolute Gasteiger partial charge is 0.209 e. The van der Waals surface area contributed by atoms with E-state index in [9.17, 15) is 8.42 Å². The second-order valence-corrected chi connectivity index (χ2v) is 7.25. The lowest BCUT2D eigenvalue weighted by atomic mass is 9.89. The molecule has 1 saturated carbocycles. The molecule has 0 radical (unpaired) electrons. The van der Waals surface area contributed by atoms with Gasteiger partial charge < -0.3 is 9.47 Å². The highest BCUT2D eigenvalue weighted by Gasteiger charge is 2.38. The van der Waals surface area contributed by atoms with Crippen molar-refractivity contribution in [1.29, 1.82) is 0 Å². The molecule has 0 aromatic rings. The number of sulfonamides is 1. The van der Waals surface area contributed by atoms with Gasteiger partial charge >= 0.3 is 0 Å². The third-order valence-corrected chi connectivity index (χ3v) is 4.98. The molecule has 0 spiro atoms. The van der Waals surface area contributed by atoms with Crippen LogP contribution in [-0.2, 0) is 19.5 Å². The maximum Gasteiger partial charge on any atom is 0.209 e. The quantitative estimate of drug-likeness (QED) is 0.814. The van der Waals surface area contributed by atoms with E-state index in [-0.39, 0.29) is 17.3 Å². The minimum absolute atomic E-state index is 0.0587. The Kier molecular flexibility index (Phi) is 4.64. The standard InChI is InChI=1S/C12H23NO4S/c13-18(14,15)10-12(5-1-2-6-12)9-17-11-3-7-16-8-4-11/h11H,1-10H2,(H2,13,14,15). The van der Waals surface area contributed by atoms with Crippen LogP contribution in [0.5, 0.6) is 0 Å². The van der Waals surface area contributed by atoms with Crippen molar-refractivity contribution in [3.8, 4) is 0 Å². The molecule has 5 nitrogen and oxygen atoms in total. The van der Waals surface area contributed by atoms with Crippen LogP contribution in [0.2, 0.25) is 0 Å². The van der Waals surface area contributed by atoms with Crippen molar-refractivity contribution in [2.24, 2.45) is 10.6 Å². The van der Waals surface area contributed by atoms with Crippen LogP contribution in [0.3, 0.4) is 0 Å². The maximum atomic E-state index is 11.3. The molecule has 0 amide bonds. The fourth-order valence-corrected chi connectivity index (χ4v) is 4.24. The molecule has 0 bridgehead atoms. The molecule has 2 rings (SSSR count). The van der Waals surface area contributed by atoms with Gasteiger partial charge in [0.15, 0.2) is 0 Å². The van der Waals surface area contributed by atoms with Gasteiger partial charge in [-0.25, -0.2) is 13.6 Å². The number of hydrogen-bond donors (Lipinski definition) is 1. The van der Waals surface area contributed by atoms with Crippen LogP contribution in [-0.4, -0.2) is 40.1 Å². The molecule has 6 heteroatoms. The molecule has 1 aliphatic heterocycles. The third-order valence-electron chi connectivity index (χ3n) is 3.97. The van der Waals surface area contributed by atoms with Crippen LogP contribution in [0, 0.1) is 5.41 Å². The number of rotatable bonds is 5. The van der Waals surface area contributed by atoms with E-state index in [2.05, 4.69) is 0 Å². The monoisotopic (exact) mass is 277 g/mol. The molecule has 106 valence electrons. The molecular formula is C12H23NO4S. The van der Waals surface area contributed by atoms with E-state index < -0.39 is 10.0 Å². The van der Waals surface area contributed by atoms with E-state index >= 15 is 0 Å². The van der Waals surface area contributed by atoms with Crippen LogP contribution in [0.25, 0.3) is 0 Å². The number of hydrogen-bond acceptors (Lipinski definition) is 4. The summed E-state index contributed by atoms with van der Waals surface area (Å²) < 4.78 is 33.9. The molecule has 1 saturated heterocycles. The molecule has 0 atom stereocenters. The van der Waals surface area contributed by atoms with Crippen molar-refractivity contribution in [2.75, 3.05) is 25.6 Å². The fraction of sp³-hybridized carbons (Fsp3) is 1.00. The van der Waals surface area contributed by atoms with Crippen LogP contribution in [0.15, 0.2) is 0 Å². The summed E-state index contributed by atoms with van der Waals surface area (Å²) in [5.74, 6) is 0.0587. The normalized spacial score (nSPS) is 25.4. The molecule has 2 aliphatic rings. The Labute approximate surface area is 109 Å². The molecule has 1 aliphatic carbocycles. The van der Waals surface area contributed by atoms with Gasteiger partial charge in [0.25, 0.3) is 0 Å². The Morgan fingerprint density at radius 3 is 2.39 bits per heavy atom. The van der Waals surface area contributed by atoms with Gasteiger partial charge in [0.2, 0.25) is 10.0 Å². The van der Waals surface area contributed by atoms with Gasteiger partial charge in [-0.2, -0.15) is 0 Å². The van der Waals surface area contributed by atoms with E-state index in [1.807, 2.05) is 0 Å². The van der Waals surface area contributed by atoms with Crippen LogP contribution >= 0.6 is 0 Å². The summed E-state index contributed by atoms with van der Waals surface area (Å²) in [6.07, 6.45) is 6.01. The average Bonchev–Trinajstić information content (AvgIpc) is 2.75. The Morgan fingerprint density at radius 1 is 1.22 bits per heavy atom. The second-order valence-electron chi connectivity index (χ2n) is 5.64. The van der Waals surface area contributed by atoms with Crippen molar-refractivity contribution in [1.82, 2.24) is 0 Å². The van der Waals surface area contributed by atoms with Gasteiger partial charge in [0, 0.05) is 18.6 Å². The number of primary sulfonamides is 1. The SMILES string of the molecule is NS(=O)(=O)CC1(COC2CCOCC2)CCCC1. The fourth-order valence-electron chi connectivity index (χ4n) is 3.02. The highest BCUT2D eigenvalue weighted by molar-refractivity contribution is 7.89. The van der Waals surface area contributed by atoms with Crippen molar-refractivity contribution >= 4 is 10.0 Å². The van der Waals surface area contributed by atoms with Gasteiger partial charge in [0.05, 0.1) is 18.5 Å². The first-order valence-electron chi connectivity index (χ1n) is 6.69. The number of ether oxygens (including phenoxy) is 2. The first-order valence-corrected chi connectivity index (χ1v) is 8.41. The first-order chi connectivity index (χ1) is 8.49. The highest BCUT2D eigenvalue weighted by Crippen LogP contribution is 2.39. The minimum Gasteiger partial charge on any atom is -0.381 e. The lowest BCUT2D eigenvalue weighted by Crippen LogP contribution is -2.37. The summed E-state index contributed by atoms with van der Waals surface area (Å²) in [6.45, 7) is 2.01. The molecular weight excluding hydrogens is 254 g/mol. The molecule has 2 fully saturated rings. The van der Waals surface area contributed by atoms with Crippen molar-refractivity contribution in [3.05, 3.63) is 0 Å². The second kappa shape index (κ2) is 5.86. The van der Waals surface area contributed by atoms with Crippen LogP contribution < -0.4 is 5.14 Å².